The quantitative estimate of drug-likeness (QED) is 0.0859. The van der Waals surface area contributed by atoms with Gasteiger partial charge in [-0.2, -0.15) is 10.1 Å². The third-order valence-electron chi connectivity index (χ3n) is 6.50. The Kier molecular flexibility index (Phi) is 10.1. The van der Waals surface area contributed by atoms with Gasteiger partial charge in [0, 0.05) is 16.1 Å². The minimum Gasteiger partial charge on any atom is -0.460 e. The second kappa shape index (κ2) is 13.6. The van der Waals surface area contributed by atoms with Crippen LogP contribution in [0.2, 0.25) is 5.02 Å². The number of aromatic nitrogens is 2. The molecule has 0 spiro atoms. The zero-order chi connectivity index (χ0) is 31.2. The van der Waals surface area contributed by atoms with E-state index in [9.17, 15) is 24.8 Å². The molecule has 0 radical (unpaired) electrons. The van der Waals surface area contributed by atoms with Crippen molar-refractivity contribution in [3.63, 3.8) is 0 Å². The van der Waals surface area contributed by atoms with Gasteiger partial charge in [0.05, 0.1) is 12.7 Å². The second-order valence-corrected chi connectivity index (χ2v) is 11.8. The summed E-state index contributed by atoms with van der Waals surface area (Å²) >= 11 is 5.95. The van der Waals surface area contributed by atoms with E-state index >= 15 is 0 Å². The first-order valence-corrected chi connectivity index (χ1v) is 14.8. The number of benzene rings is 2. The van der Waals surface area contributed by atoms with Gasteiger partial charge in [-0.25, -0.2) is 9.36 Å². The molecule has 0 amide bonds. The van der Waals surface area contributed by atoms with Crippen molar-refractivity contribution in [3.8, 4) is 5.75 Å². The number of nitrogen functional groups attached to an aromatic ring is 1. The zero-order valence-electron chi connectivity index (χ0n) is 23.0. The highest BCUT2D eigenvalue weighted by atomic mass is 35.5. The van der Waals surface area contributed by atoms with Crippen LogP contribution in [-0.2, 0) is 30.0 Å². The number of nitrogens with zero attached hydrogens (tertiary/aromatic N) is 5. The summed E-state index contributed by atoms with van der Waals surface area (Å²) in [5, 5.41) is 17.7. The lowest BCUT2D eigenvalue weighted by atomic mass is 9.93. The topological polar surface area (TPSA) is 213 Å². The molecule has 2 aromatic carbocycles. The second-order valence-electron chi connectivity index (χ2n) is 9.71. The Morgan fingerprint density at radius 1 is 1.30 bits per heavy atom. The molecule has 4 N–H and O–H groups in total. The monoisotopic (exact) mass is 633 g/mol. The van der Waals surface area contributed by atoms with Gasteiger partial charge < -0.3 is 24.8 Å². The van der Waals surface area contributed by atoms with E-state index < -0.39 is 56.0 Å². The van der Waals surface area contributed by atoms with Gasteiger partial charge in [-0.3, -0.25) is 13.9 Å². The van der Waals surface area contributed by atoms with Crippen LogP contribution in [0.5, 0.6) is 5.75 Å². The van der Waals surface area contributed by atoms with Gasteiger partial charge in [0.15, 0.2) is 6.23 Å². The van der Waals surface area contributed by atoms with E-state index in [1.165, 1.54) is 50.4 Å². The fraction of sp³-hybridized carbons (Fsp3) is 0.346. The Morgan fingerprint density at radius 3 is 2.65 bits per heavy atom. The smallest absolute Gasteiger partial charge is 0.459 e. The molecule has 0 bridgehead atoms. The van der Waals surface area contributed by atoms with Crippen molar-refractivity contribution in [1.29, 1.82) is 0 Å². The van der Waals surface area contributed by atoms with Crippen molar-refractivity contribution in [2.24, 2.45) is 5.11 Å². The Morgan fingerprint density at radius 2 is 2.00 bits per heavy atom. The average Bonchev–Trinajstić information content (AvgIpc) is 3.21. The number of anilines is 1. The van der Waals surface area contributed by atoms with Crippen LogP contribution in [0.25, 0.3) is 10.4 Å². The summed E-state index contributed by atoms with van der Waals surface area (Å²) in [7, 11) is -4.39. The summed E-state index contributed by atoms with van der Waals surface area (Å²) in [6.45, 7) is 2.17. The predicted molar refractivity (Wildman–Crippen MR) is 155 cm³/mol. The maximum Gasteiger partial charge on any atom is 0.459 e. The number of aliphatic hydroxyl groups is 1. The third-order valence-corrected chi connectivity index (χ3v) is 8.39. The van der Waals surface area contributed by atoms with Gasteiger partial charge in [-0.15, -0.1) is 0 Å². The summed E-state index contributed by atoms with van der Waals surface area (Å²) in [4.78, 5) is 31.7. The molecule has 1 saturated heterocycles. The molecule has 6 atom stereocenters. The van der Waals surface area contributed by atoms with Gasteiger partial charge in [0.1, 0.15) is 35.9 Å². The Hall–Kier alpha value is -3.94. The Balaban J connectivity index is 1.53. The zero-order valence-corrected chi connectivity index (χ0v) is 24.7. The number of azide groups is 1. The van der Waals surface area contributed by atoms with Crippen LogP contribution in [0.3, 0.4) is 0 Å². The van der Waals surface area contributed by atoms with Gasteiger partial charge in [-0.1, -0.05) is 47.0 Å². The van der Waals surface area contributed by atoms with Gasteiger partial charge >= 0.3 is 19.4 Å². The first kappa shape index (κ1) is 32.0. The van der Waals surface area contributed by atoms with Crippen LogP contribution in [0.1, 0.15) is 25.6 Å². The summed E-state index contributed by atoms with van der Waals surface area (Å²) in [6.07, 6.45) is -2.89. The highest BCUT2D eigenvalue weighted by Crippen LogP contribution is 2.47. The van der Waals surface area contributed by atoms with Gasteiger partial charge in [0.25, 0.3) is 0 Å². The lowest BCUT2D eigenvalue weighted by Gasteiger charge is -2.28. The van der Waals surface area contributed by atoms with Crippen LogP contribution in [0.4, 0.5) is 5.82 Å². The molecule has 15 nitrogen and oxygen atoms in total. The Labute approximate surface area is 250 Å². The minimum absolute atomic E-state index is 0.0181. The van der Waals surface area contributed by atoms with Crippen LogP contribution in [-0.4, -0.2) is 51.0 Å². The van der Waals surface area contributed by atoms with Crippen LogP contribution in [0.15, 0.2) is 76.8 Å². The van der Waals surface area contributed by atoms with Crippen molar-refractivity contribution >= 4 is 31.1 Å². The van der Waals surface area contributed by atoms with Crippen molar-refractivity contribution in [2.45, 2.75) is 50.5 Å². The SMILES string of the molecule is C[C@H](NP(=O)(OC[C@H]1O[C@@H](n2ccc(N)nc2=O)[C@](C)(N=[N+]=[N-])[C@@H]1O)Oc1ccc(Cl)cc1)C(=O)OCc1ccccc1. The predicted octanol–water partition coefficient (Wildman–Crippen LogP) is 3.73. The summed E-state index contributed by atoms with van der Waals surface area (Å²) in [5.41, 5.74) is 13.0. The fourth-order valence-corrected chi connectivity index (χ4v) is 5.85. The number of rotatable bonds is 12. The van der Waals surface area contributed by atoms with E-state index in [0.717, 1.165) is 10.1 Å². The minimum atomic E-state index is -4.39. The van der Waals surface area contributed by atoms with Crippen molar-refractivity contribution in [2.75, 3.05) is 12.3 Å². The first-order chi connectivity index (χ1) is 20.4. The van der Waals surface area contributed by atoms with E-state index in [2.05, 4.69) is 20.1 Å². The summed E-state index contributed by atoms with van der Waals surface area (Å²) < 4.78 is 37.4. The van der Waals surface area contributed by atoms with Crippen molar-refractivity contribution in [3.05, 3.63) is 98.4 Å². The highest BCUT2D eigenvalue weighted by molar-refractivity contribution is 7.52. The van der Waals surface area contributed by atoms with Crippen molar-refractivity contribution in [1.82, 2.24) is 14.6 Å². The standard InChI is InChI=1S/C26H29ClN7O8P/c1-16(23(36)39-14-17-6-4-3-5-7-17)31-43(38,42-19-10-8-18(27)9-11-19)40-15-20-22(35)26(2,32-33-29)24(41-20)34-13-12-21(28)30-25(34)37/h3-13,16,20,22,24,35H,14-15H2,1-2H3,(H,31,38)(H2,28,30,37)/t16-,20+,22+,24+,26+,43?/m0/s1. The molecule has 1 aromatic heterocycles. The average molecular weight is 634 g/mol. The molecule has 17 heteroatoms. The largest absolute Gasteiger partial charge is 0.460 e. The number of aliphatic hydroxyl groups excluding tert-OH is 1. The van der Waals surface area contributed by atoms with E-state index in [1.807, 2.05) is 6.07 Å². The van der Waals surface area contributed by atoms with E-state index in [4.69, 9.17) is 35.9 Å². The molecule has 1 fully saturated rings. The highest BCUT2D eigenvalue weighted by Gasteiger charge is 2.55. The molecule has 4 rings (SSSR count). The lowest BCUT2D eigenvalue weighted by molar-refractivity contribution is -0.146. The fourth-order valence-electron chi connectivity index (χ4n) is 4.23. The Bertz CT molecular complexity index is 1590. The molecule has 3 aromatic rings. The number of esters is 1. The normalized spacial score (nSPS) is 23.5. The summed E-state index contributed by atoms with van der Waals surface area (Å²) in [6, 6.07) is 15.0. The number of nitrogens with one attached hydrogen (secondary N) is 1. The molecular formula is C26H29ClN7O8P. The molecular weight excluding hydrogens is 605 g/mol. The number of ether oxygens (including phenoxy) is 2. The molecule has 228 valence electrons. The summed E-state index contributed by atoms with van der Waals surface area (Å²) in [5.74, 6) is -0.696. The molecule has 0 saturated carbocycles. The first-order valence-electron chi connectivity index (χ1n) is 12.9. The molecule has 1 unspecified atom stereocenters. The van der Waals surface area contributed by atoms with Crippen molar-refractivity contribution < 1.29 is 33.0 Å². The van der Waals surface area contributed by atoms with E-state index in [0.29, 0.717) is 5.02 Å². The molecule has 1 aliphatic rings. The maximum absolute atomic E-state index is 14.0. The van der Waals surface area contributed by atoms with E-state index in [1.54, 1.807) is 24.3 Å². The number of nitrogens with two attached hydrogens (primary N) is 1. The van der Waals surface area contributed by atoms with Gasteiger partial charge in [-0.05, 0) is 55.3 Å². The number of hydrogen-bond donors (Lipinski definition) is 3. The van der Waals surface area contributed by atoms with Crippen LogP contribution < -0.4 is 21.0 Å². The van der Waals surface area contributed by atoms with Crippen LogP contribution in [0, 0.1) is 0 Å². The third kappa shape index (κ3) is 7.72. The molecule has 43 heavy (non-hydrogen) atoms. The number of carbonyl (C=O) groups excluding carboxylic acids is 1. The molecule has 2 heterocycles. The number of hydrogen-bond acceptors (Lipinski definition) is 11. The number of carbonyl (C=O) groups is 1. The van der Waals surface area contributed by atoms with Gasteiger partial charge in [0.2, 0.25) is 0 Å². The molecule has 1 aliphatic heterocycles. The lowest BCUT2D eigenvalue weighted by Crippen LogP contribution is -2.45. The molecule has 0 aliphatic carbocycles. The van der Waals surface area contributed by atoms with Crippen LogP contribution >= 0.6 is 19.3 Å². The maximum atomic E-state index is 14.0. The van der Waals surface area contributed by atoms with E-state index in [-0.39, 0.29) is 18.2 Å². The number of halogens is 1.